The van der Waals surface area contributed by atoms with E-state index >= 15 is 0 Å². The van der Waals surface area contributed by atoms with Crippen molar-refractivity contribution < 1.29 is 0 Å². The summed E-state index contributed by atoms with van der Waals surface area (Å²) >= 11 is 0. The van der Waals surface area contributed by atoms with Gasteiger partial charge < -0.3 is 10.2 Å². The average molecular weight is 224 g/mol. The van der Waals surface area contributed by atoms with E-state index in [1.807, 2.05) is 0 Å². The van der Waals surface area contributed by atoms with E-state index in [0.717, 1.165) is 0 Å². The Balaban J connectivity index is 1.51. The molecule has 2 fully saturated rings. The van der Waals surface area contributed by atoms with Gasteiger partial charge in [-0.1, -0.05) is 13.3 Å². The lowest BCUT2D eigenvalue weighted by Gasteiger charge is -2.27. The van der Waals surface area contributed by atoms with Gasteiger partial charge in [0.1, 0.15) is 0 Å². The summed E-state index contributed by atoms with van der Waals surface area (Å²) in [7, 11) is 0. The van der Waals surface area contributed by atoms with Crippen LogP contribution in [0.15, 0.2) is 0 Å². The van der Waals surface area contributed by atoms with Crippen LogP contribution in [-0.4, -0.2) is 37.1 Å². The second kappa shape index (κ2) is 5.50. The van der Waals surface area contributed by atoms with Crippen LogP contribution in [-0.2, 0) is 0 Å². The maximum Gasteiger partial charge on any atom is 0.00925 e. The van der Waals surface area contributed by atoms with Gasteiger partial charge in [0.05, 0.1) is 0 Å². The summed E-state index contributed by atoms with van der Waals surface area (Å²) in [6.45, 7) is 9.95. The summed E-state index contributed by atoms with van der Waals surface area (Å²) in [4.78, 5) is 2.63. The molecular formula is C14H28N2. The maximum absolute atomic E-state index is 3.70. The van der Waals surface area contributed by atoms with Gasteiger partial charge in [0, 0.05) is 6.04 Å². The molecule has 0 amide bonds. The van der Waals surface area contributed by atoms with Crippen LogP contribution in [0.2, 0.25) is 0 Å². The number of rotatable bonds is 6. The first-order chi connectivity index (χ1) is 7.71. The van der Waals surface area contributed by atoms with Crippen LogP contribution < -0.4 is 5.32 Å². The fourth-order valence-corrected chi connectivity index (χ4v) is 2.68. The quantitative estimate of drug-likeness (QED) is 0.698. The second-order valence-electron chi connectivity index (χ2n) is 6.09. The van der Waals surface area contributed by atoms with Crippen molar-refractivity contribution in [2.24, 2.45) is 5.41 Å². The Hall–Kier alpha value is -0.0800. The highest BCUT2D eigenvalue weighted by Crippen LogP contribution is 2.47. The highest BCUT2D eigenvalue weighted by molar-refractivity contribution is 4.96. The van der Waals surface area contributed by atoms with Gasteiger partial charge in [0.15, 0.2) is 0 Å². The van der Waals surface area contributed by atoms with Crippen molar-refractivity contribution in [3.8, 4) is 0 Å². The molecule has 2 aliphatic rings. The average Bonchev–Trinajstić information content (AvgIpc) is 3.05. The van der Waals surface area contributed by atoms with Crippen molar-refractivity contribution in [1.29, 1.82) is 0 Å². The molecule has 2 heteroatoms. The Labute approximate surface area is 101 Å². The van der Waals surface area contributed by atoms with Gasteiger partial charge >= 0.3 is 0 Å². The predicted molar refractivity (Wildman–Crippen MR) is 69.7 cm³/mol. The standard InChI is InChI=1S/C14H28N2/c1-13(14(2)7-8-14)15-9-6-12-16-10-4-3-5-11-16/h13,15H,3-12H2,1-2H3. The Morgan fingerprint density at radius 2 is 1.88 bits per heavy atom. The molecule has 1 atom stereocenters. The van der Waals surface area contributed by atoms with Gasteiger partial charge in [-0.05, 0) is 70.6 Å². The van der Waals surface area contributed by atoms with Gasteiger partial charge in [-0.3, -0.25) is 0 Å². The van der Waals surface area contributed by atoms with E-state index in [1.54, 1.807) is 0 Å². The largest absolute Gasteiger partial charge is 0.314 e. The fraction of sp³-hybridized carbons (Fsp3) is 1.00. The summed E-state index contributed by atoms with van der Waals surface area (Å²) < 4.78 is 0. The number of nitrogens with zero attached hydrogens (tertiary/aromatic N) is 1. The van der Waals surface area contributed by atoms with Crippen LogP contribution in [0, 0.1) is 5.41 Å². The van der Waals surface area contributed by atoms with Gasteiger partial charge in [-0.25, -0.2) is 0 Å². The molecule has 94 valence electrons. The van der Waals surface area contributed by atoms with Crippen LogP contribution in [0.4, 0.5) is 0 Å². The summed E-state index contributed by atoms with van der Waals surface area (Å²) in [5.41, 5.74) is 0.630. The van der Waals surface area contributed by atoms with Crippen LogP contribution in [0.5, 0.6) is 0 Å². The highest BCUT2D eigenvalue weighted by Gasteiger charge is 2.41. The van der Waals surface area contributed by atoms with Crippen LogP contribution in [0.3, 0.4) is 0 Å². The van der Waals surface area contributed by atoms with Crippen molar-refractivity contribution in [3.05, 3.63) is 0 Å². The van der Waals surface area contributed by atoms with E-state index in [1.165, 1.54) is 64.7 Å². The van der Waals surface area contributed by atoms with Crippen molar-refractivity contribution >= 4 is 0 Å². The molecule has 1 heterocycles. The number of nitrogens with one attached hydrogen (secondary N) is 1. The van der Waals surface area contributed by atoms with Gasteiger partial charge in [-0.15, -0.1) is 0 Å². The monoisotopic (exact) mass is 224 g/mol. The summed E-state index contributed by atoms with van der Waals surface area (Å²) in [6.07, 6.45) is 8.45. The Morgan fingerprint density at radius 3 is 2.50 bits per heavy atom. The van der Waals surface area contributed by atoms with Gasteiger partial charge in [0.2, 0.25) is 0 Å². The van der Waals surface area contributed by atoms with Crippen LogP contribution >= 0.6 is 0 Å². The van der Waals surface area contributed by atoms with E-state index in [0.29, 0.717) is 11.5 Å². The molecule has 1 N–H and O–H groups in total. The third-order valence-corrected chi connectivity index (χ3v) is 4.63. The minimum Gasteiger partial charge on any atom is -0.314 e. The van der Waals surface area contributed by atoms with Crippen LogP contribution in [0.25, 0.3) is 0 Å². The summed E-state index contributed by atoms with van der Waals surface area (Å²) in [5.74, 6) is 0. The molecule has 1 unspecified atom stereocenters. The van der Waals surface area contributed by atoms with Crippen molar-refractivity contribution in [2.75, 3.05) is 26.2 Å². The molecule has 1 saturated heterocycles. The molecule has 0 radical (unpaired) electrons. The SMILES string of the molecule is CC(NCCCN1CCCCC1)C1(C)CC1. The lowest BCUT2D eigenvalue weighted by molar-refractivity contribution is 0.223. The Morgan fingerprint density at radius 1 is 1.19 bits per heavy atom. The number of likely N-dealkylation sites (tertiary alicyclic amines) is 1. The van der Waals surface area contributed by atoms with Gasteiger partial charge in [0.25, 0.3) is 0 Å². The summed E-state index contributed by atoms with van der Waals surface area (Å²) in [5, 5.41) is 3.70. The Bertz CT molecular complexity index is 205. The highest BCUT2D eigenvalue weighted by atomic mass is 15.1. The molecule has 16 heavy (non-hydrogen) atoms. The van der Waals surface area contributed by atoms with Crippen molar-refractivity contribution in [1.82, 2.24) is 10.2 Å². The van der Waals surface area contributed by atoms with E-state index in [9.17, 15) is 0 Å². The lowest BCUT2D eigenvalue weighted by atomic mass is 10.0. The molecule has 2 nitrogen and oxygen atoms in total. The van der Waals surface area contributed by atoms with E-state index in [4.69, 9.17) is 0 Å². The zero-order valence-electron chi connectivity index (χ0n) is 11.1. The molecule has 0 aromatic rings. The topological polar surface area (TPSA) is 15.3 Å². The molecule has 0 spiro atoms. The maximum atomic E-state index is 3.70. The number of hydrogen-bond donors (Lipinski definition) is 1. The zero-order valence-corrected chi connectivity index (χ0v) is 11.1. The van der Waals surface area contributed by atoms with Crippen LogP contribution in [0.1, 0.15) is 52.4 Å². The lowest BCUT2D eigenvalue weighted by Crippen LogP contribution is -2.36. The van der Waals surface area contributed by atoms with E-state index in [2.05, 4.69) is 24.1 Å². The molecule has 0 aromatic carbocycles. The normalized spacial score (nSPS) is 26.6. The molecule has 0 bridgehead atoms. The summed E-state index contributed by atoms with van der Waals surface area (Å²) in [6, 6.07) is 0.717. The number of hydrogen-bond acceptors (Lipinski definition) is 2. The van der Waals surface area contributed by atoms with Crippen molar-refractivity contribution in [3.63, 3.8) is 0 Å². The first-order valence-corrected chi connectivity index (χ1v) is 7.16. The molecule has 1 aliphatic heterocycles. The predicted octanol–water partition coefficient (Wildman–Crippen LogP) is 2.64. The fourth-order valence-electron chi connectivity index (χ4n) is 2.68. The third kappa shape index (κ3) is 3.46. The van der Waals surface area contributed by atoms with E-state index in [-0.39, 0.29) is 0 Å². The van der Waals surface area contributed by atoms with Crippen molar-refractivity contribution in [2.45, 2.75) is 58.4 Å². The molecule has 1 aliphatic carbocycles. The second-order valence-corrected chi connectivity index (χ2v) is 6.09. The Kier molecular flexibility index (Phi) is 4.26. The van der Waals surface area contributed by atoms with E-state index < -0.39 is 0 Å². The molecule has 0 aromatic heterocycles. The minimum absolute atomic E-state index is 0.630. The molecule has 1 saturated carbocycles. The molecular weight excluding hydrogens is 196 g/mol. The van der Waals surface area contributed by atoms with Gasteiger partial charge in [-0.2, -0.15) is 0 Å². The number of piperidine rings is 1. The molecule has 2 rings (SSSR count). The zero-order chi connectivity index (χ0) is 11.4. The first kappa shape index (κ1) is 12.4. The minimum atomic E-state index is 0.630. The smallest absolute Gasteiger partial charge is 0.00925 e. The first-order valence-electron chi connectivity index (χ1n) is 7.16. The third-order valence-electron chi connectivity index (χ3n) is 4.63.